The lowest BCUT2D eigenvalue weighted by molar-refractivity contribution is -0.149. The van der Waals surface area contributed by atoms with E-state index < -0.39 is 85.8 Å². The number of aromatic nitrogens is 2. The molecule has 2 heterocycles. The van der Waals surface area contributed by atoms with Gasteiger partial charge < -0.3 is 28.9 Å². The number of aliphatic hydroxyl groups is 2. The quantitative estimate of drug-likeness (QED) is 0.161. The predicted octanol–water partition coefficient (Wildman–Crippen LogP) is -0.470. The molecule has 1 aliphatic heterocycles. The highest BCUT2D eigenvalue weighted by Gasteiger charge is 2.54. The molecule has 15 nitrogen and oxygen atoms in total. The normalized spacial score (nSPS) is 26.7. The molecule has 0 radical (unpaired) electrons. The second kappa shape index (κ2) is 12.6. The van der Waals surface area contributed by atoms with Crippen LogP contribution < -0.4 is 21.4 Å². The molecule has 0 spiro atoms. The number of rotatable bonds is 12. The van der Waals surface area contributed by atoms with Gasteiger partial charge in [-0.1, -0.05) is 0 Å². The summed E-state index contributed by atoms with van der Waals surface area (Å²) in [5.41, 5.74) is -3.58. The van der Waals surface area contributed by atoms with Crippen LogP contribution in [0.15, 0.2) is 21.9 Å². The van der Waals surface area contributed by atoms with Crippen LogP contribution in [-0.2, 0) is 32.9 Å². The van der Waals surface area contributed by atoms with Crippen LogP contribution in [0.25, 0.3) is 0 Å². The van der Waals surface area contributed by atoms with E-state index in [1.165, 1.54) is 20.8 Å². The monoisotopic (exact) mass is 564 g/mol. The lowest BCUT2D eigenvalue weighted by atomic mass is 9.96. The number of aliphatic hydroxyl groups excluding tert-OH is 1. The highest BCUT2D eigenvalue weighted by Crippen LogP contribution is 2.43. The third kappa shape index (κ3) is 8.06. The van der Waals surface area contributed by atoms with Crippen LogP contribution in [0.3, 0.4) is 0 Å². The molecule has 0 saturated carbocycles. The van der Waals surface area contributed by atoms with Crippen molar-refractivity contribution < 1.29 is 43.1 Å². The van der Waals surface area contributed by atoms with Gasteiger partial charge in [-0.25, -0.2) is 15.0 Å². The van der Waals surface area contributed by atoms with E-state index in [1.807, 2.05) is 4.98 Å². The summed E-state index contributed by atoms with van der Waals surface area (Å²) in [6, 6.07) is -1.25. The maximum absolute atomic E-state index is 13.7. The van der Waals surface area contributed by atoms with Gasteiger partial charge in [-0.3, -0.25) is 28.5 Å². The van der Waals surface area contributed by atoms with E-state index in [0.29, 0.717) is 0 Å². The van der Waals surface area contributed by atoms with Crippen molar-refractivity contribution in [2.24, 2.45) is 0 Å². The van der Waals surface area contributed by atoms with Crippen LogP contribution >= 0.6 is 7.67 Å². The largest absolute Gasteiger partial charge is 0.462 e. The van der Waals surface area contributed by atoms with Gasteiger partial charge in [0.15, 0.2) is 6.23 Å². The first-order chi connectivity index (χ1) is 17.5. The number of carbonyl (C=O) groups is 2. The smallest absolute Gasteiger partial charge is 0.342 e. The number of esters is 2. The van der Waals surface area contributed by atoms with Gasteiger partial charge in [-0.05, 0) is 48.5 Å². The van der Waals surface area contributed by atoms with Crippen molar-refractivity contribution in [1.82, 2.24) is 19.7 Å². The Morgan fingerprint density at radius 3 is 2.05 bits per heavy atom. The average Bonchev–Trinajstić information content (AvgIpc) is 3.00. The van der Waals surface area contributed by atoms with Crippen LogP contribution in [0.1, 0.15) is 54.7 Å². The van der Waals surface area contributed by atoms with Crippen LogP contribution in [0.5, 0.6) is 0 Å². The maximum Gasteiger partial charge on any atom is 0.342 e. The molecule has 0 bridgehead atoms. The van der Waals surface area contributed by atoms with E-state index in [4.69, 9.17) is 18.7 Å². The molecule has 1 aromatic rings. The zero-order valence-electron chi connectivity index (χ0n) is 22.4. The van der Waals surface area contributed by atoms with Crippen molar-refractivity contribution in [2.75, 3.05) is 6.61 Å². The van der Waals surface area contributed by atoms with Crippen LogP contribution in [0.4, 0.5) is 0 Å². The van der Waals surface area contributed by atoms with E-state index in [2.05, 4.69) is 10.2 Å². The van der Waals surface area contributed by atoms with Crippen molar-refractivity contribution in [1.29, 1.82) is 0 Å². The molecule has 1 saturated heterocycles. The summed E-state index contributed by atoms with van der Waals surface area (Å²) < 4.78 is 36.0. The van der Waals surface area contributed by atoms with Gasteiger partial charge in [-0.15, -0.1) is 0 Å². The van der Waals surface area contributed by atoms with Gasteiger partial charge in [0.2, 0.25) is 0 Å². The van der Waals surface area contributed by atoms with E-state index in [1.54, 1.807) is 27.7 Å². The molecule has 5 N–H and O–H groups in total. The molecule has 6 atom stereocenters. The summed E-state index contributed by atoms with van der Waals surface area (Å²) in [4.78, 5) is 50.3. The van der Waals surface area contributed by atoms with Crippen molar-refractivity contribution in [3.63, 3.8) is 0 Å². The summed E-state index contributed by atoms with van der Waals surface area (Å²) in [5, 5.41) is 26.6. The maximum atomic E-state index is 13.7. The lowest BCUT2D eigenvalue weighted by Gasteiger charge is -2.28. The highest BCUT2D eigenvalue weighted by molar-refractivity contribution is 7.54. The lowest BCUT2D eigenvalue weighted by Crippen LogP contribution is -2.47. The minimum Gasteiger partial charge on any atom is -0.462 e. The Morgan fingerprint density at radius 1 is 1.11 bits per heavy atom. The van der Waals surface area contributed by atoms with Crippen molar-refractivity contribution >= 4 is 19.6 Å². The number of nitrogens with one attached hydrogen (secondary N) is 3. The molecule has 0 aromatic carbocycles. The number of H-pyrrole nitrogens is 1. The summed E-state index contributed by atoms with van der Waals surface area (Å²) in [7, 11) is -4.25. The standard InChI is InChI=1S/C22H37N4O11P/c1-11(2)35-18(29)13(5)24-38(33,25-14(6)19(30)36-12(3)4)34-10-15-17(28)22(7,32)20(37-15)26-9-8-16(27)23-21(26)31/h8-9,11-15,17,20,28,32H,10H2,1-7H3,(H,23,27,31)(H2,24,25,33). The Labute approximate surface area is 219 Å². The van der Waals surface area contributed by atoms with Gasteiger partial charge in [0.05, 0.1) is 18.8 Å². The van der Waals surface area contributed by atoms with E-state index >= 15 is 0 Å². The fourth-order valence-corrected chi connectivity index (χ4v) is 5.38. The fourth-order valence-electron chi connectivity index (χ4n) is 3.56. The molecule has 0 aliphatic carbocycles. The van der Waals surface area contributed by atoms with Gasteiger partial charge in [0.25, 0.3) is 5.56 Å². The SMILES string of the molecule is CC(C)OC(=O)C(C)NP(=O)(NC(C)C(=O)OC(C)C)OCC1OC(n2ccc(=O)[nH]c2=O)C(C)(O)C1O. The number of ether oxygens (including phenoxy) is 3. The molecule has 2 rings (SSSR count). The molecular formula is C22H37N4O11P. The van der Waals surface area contributed by atoms with Crippen LogP contribution in [0, 0.1) is 0 Å². The van der Waals surface area contributed by atoms with Crippen molar-refractivity contribution in [3.05, 3.63) is 33.1 Å². The Balaban J connectivity index is 2.25. The molecule has 1 aromatic heterocycles. The topological polar surface area (TPSA) is 208 Å². The Kier molecular flexibility index (Phi) is 10.6. The minimum atomic E-state index is -4.25. The summed E-state index contributed by atoms with van der Waals surface area (Å²) in [5.74, 6) is -1.47. The number of hydrogen-bond donors (Lipinski definition) is 5. The zero-order chi connectivity index (χ0) is 29.0. The third-order valence-electron chi connectivity index (χ3n) is 5.42. The summed E-state index contributed by atoms with van der Waals surface area (Å²) >= 11 is 0. The van der Waals surface area contributed by atoms with E-state index in [9.17, 15) is 34.0 Å². The van der Waals surface area contributed by atoms with Gasteiger partial charge in [0, 0.05) is 12.3 Å². The number of nitrogens with zero attached hydrogens (tertiary/aromatic N) is 1. The van der Waals surface area contributed by atoms with Crippen LogP contribution in [0.2, 0.25) is 0 Å². The molecule has 38 heavy (non-hydrogen) atoms. The second-order valence-corrected chi connectivity index (χ2v) is 11.6. The molecule has 6 unspecified atom stereocenters. The fraction of sp³-hybridized carbons (Fsp3) is 0.727. The van der Waals surface area contributed by atoms with Crippen molar-refractivity contribution in [3.8, 4) is 0 Å². The highest BCUT2D eigenvalue weighted by atomic mass is 31.2. The third-order valence-corrected chi connectivity index (χ3v) is 7.38. The number of carbonyl (C=O) groups excluding carboxylic acids is 2. The van der Waals surface area contributed by atoms with Gasteiger partial charge in [0.1, 0.15) is 29.9 Å². The van der Waals surface area contributed by atoms with E-state index in [0.717, 1.165) is 16.8 Å². The number of hydrogen-bond acceptors (Lipinski definition) is 11. The zero-order valence-corrected chi connectivity index (χ0v) is 23.3. The molecule has 216 valence electrons. The first kappa shape index (κ1) is 31.8. The first-order valence-electron chi connectivity index (χ1n) is 12.1. The second-order valence-electron chi connectivity index (χ2n) is 9.74. The minimum absolute atomic E-state index is 0.447. The van der Waals surface area contributed by atoms with Gasteiger partial charge >= 0.3 is 25.3 Å². The summed E-state index contributed by atoms with van der Waals surface area (Å²) in [6.07, 6.45) is -4.19. The Morgan fingerprint density at radius 2 is 1.61 bits per heavy atom. The molecule has 0 amide bonds. The van der Waals surface area contributed by atoms with Crippen molar-refractivity contribution in [2.45, 2.75) is 96.8 Å². The van der Waals surface area contributed by atoms with Crippen LogP contribution in [-0.4, -0.2) is 80.4 Å². The van der Waals surface area contributed by atoms with E-state index in [-0.39, 0.29) is 0 Å². The Bertz CT molecular complexity index is 1110. The summed E-state index contributed by atoms with van der Waals surface area (Å²) in [6.45, 7) is 9.91. The Hall–Kier alpha value is -2.39. The molecule has 16 heteroatoms. The predicted molar refractivity (Wildman–Crippen MR) is 133 cm³/mol. The molecule has 1 aliphatic rings. The molecule has 1 fully saturated rings. The van der Waals surface area contributed by atoms with Gasteiger partial charge in [-0.2, -0.15) is 0 Å². The molecular weight excluding hydrogens is 527 g/mol. The number of aromatic amines is 1. The average molecular weight is 565 g/mol. The first-order valence-corrected chi connectivity index (χ1v) is 13.7.